The van der Waals surface area contributed by atoms with E-state index in [9.17, 15) is 0 Å². The van der Waals surface area contributed by atoms with E-state index in [1.54, 1.807) is 0 Å². The lowest BCUT2D eigenvalue weighted by molar-refractivity contribution is 0.320. The second-order valence-electron chi connectivity index (χ2n) is 2.78. The molecule has 0 aromatic heterocycles. The fourth-order valence-electron chi connectivity index (χ4n) is 0.803. The topological polar surface area (TPSA) is 9.23 Å². The lowest BCUT2D eigenvalue weighted by Crippen LogP contribution is -2.10. The van der Waals surface area contributed by atoms with Gasteiger partial charge in [-0.3, -0.25) is 0 Å². The molecule has 11 heavy (non-hydrogen) atoms. The van der Waals surface area contributed by atoms with Crippen molar-refractivity contribution in [2.24, 2.45) is 0 Å². The maximum absolute atomic E-state index is 6.01. The number of rotatable bonds is 7. The van der Waals surface area contributed by atoms with Gasteiger partial charge in [0.15, 0.2) is 0 Å². The van der Waals surface area contributed by atoms with Gasteiger partial charge in [0.2, 0.25) is 0 Å². The quantitative estimate of drug-likeness (QED) is 0.444. The minimum absolute atomic E-state index is 0.876. The molecule has 0 aliphatic carbocycles. The molecule has 0 unspecified atom stereocenters. The van der Waals surface area contributed by atoms with Crippen molar-refractivity contribution in [2.75, 3.05) is 6.61 Å². The first kappa shape index (κ1) is 11.8. The molecule has 0 aliphatic heterocycles. The van der Waals surface area contributed by atoms with Crippen LogP contribution in [0.1, 0.15) is 39.5 Å². The van der Waals surface area contributed by atoms with Crippen LogP contribution in [0.2, 0.25) is 5.28 Å². The SMILES string of the molecule is CCCC[O][Al]([Cl])[CH2]CCC. The minimum atomic E-state index is -1.28. The zero-order valence-corrected chi connectivity index (χ0v) is 9.52. The highest BCUT2D eigenvalue weighted by Crippen LogP contribution is 2.06. The third-order valence-electron chi connectivity index (χ3n) is 1.58. The zero-order chi connectivity index (χ0) is 8.53. The molecule has 0 heterocycles. The Balaban J connectivity index is 3.02. The van der Waals surface area contributed by atoms with Crippen LogP contribution in [0, 0.1) is 0 Å². The summed E-state index contributed by atoms with van der Waals surface area (Å²) in [6.45, 7) is 5.23. The second-order valence-corrected chi connectivity index (χ2v) is 5.97. The maximum atomic E-state index is 6.01. The summed E-state index contributed by atoms with van der Waals surface area (Å²) in [4.78, 5) is 0. The maximum Gasteiger partial charge on any atom is 0.591 e. The first-order valence-corrected chi connectivity index (χ1v) is 7.60. The molecule has 66 valence electrons. The van der Waals surface area contributed by atoms with E-state index >= 15 is 0 Å². The molecule has 0 rings (SSSR count). The molecule has 0 N–H and O–H groups in total. The van der Waals surface area contributed by atoms with Crippen molar-refractivity contribution in [2.45, 2.75) is 44.8 Å². The largest absolute Gasteiger partial charge is 0.591 e. The van der Waals surface area contributed by atoms with Crippen LogP contribution in [0.25, 0.3) is 0 Å². The van der Waals surface area contributed by atoms with Gasteiger partial charge >= 0.3 is 13.6 Å². The predicted octanol–water partition coefficient (Wildman–Crippen LogP) is 3.33. The van der Waals surface area contributed by atoms with Gasteiger partial charge in [0, 0.05) is 6.61 Å². The van der Waals surface area contributed by atoms with Gasteiger partial charge in [0.1, 0.15) is 0 Å². The van der Waals surface area contributed by atoms with Crippen LogP contribution in [0.3, 0.4) is 0 Å². The van der Waals surface area contributed by atoms with E-state index in [4.69, 9.17) is 13.8 Å². The lowest BCUT2D eigenvalue weighted by Gasteiger charge is -2.04. The Morgan fingerprint density at radius 1 is 1.18 bits per heavy atom. The van der Waals surface area contributed by atoms with Crippen molar-refractivity contribution < 1.29 is 3.79 Å². The van der Waals surface area contributed by atoms with Crippen molar-refractivity contribution in [1.29, 1.82) is 0 Å². The Hall–Kier alpha value is 0.782. The Morgan fingerprint density at radius 3 is 2.36 bits per heavy atom. The van der Waals surface area contributed by atoms with Gasteiger partial charge < -0.3 is 3.79 Å². The van der Waals surface area contributed by atoms with Crippen LogP contribution >= 0.6 is 10.0 Å². The van der Waals surface area contributed by atoms with Crippen LogP contribution in [-0.4, -0.2) is 20.2 Å². The molecule has 0 fully saturated rings. The molecule has 0 spiro atoms. The predicted molar refractivity (Wildman–Crippen MR) is 52.2 cm³/mol. The summed E-state index contributed by atoms with van der Waals surface area (Å²) in [7, 11) is 6.01. The monoisotopic (exact) mass is 192 g/mol. The van der Waals surface area contributed by atoms with E-state index in [0.717, 1.165) is 18.3 Å². The fourth-order valence-corrected chi connectivity index (χ4v) is 2.85. The Kier molecular flexibility index (Phi) is 9.51. The van der Waals surface area contributed by atoms with E-state index in [0.29, 0.717) is 0 Å². The van der Waals surface area contributed by atoms with Gasteiger partial charge in [-0.25, -0.2) is 10.0 Å². The Labute approximate surface area is 79.0 Å². The van der Waals surface area contributed by atoms with Crippen LogP contribution in [0.15, 0.2) is 0 Å². The van der Waals surface area contributed by atoms with Crippen molar-refractivity contribution in [3.8, 4) is 0 Å². The zero-order valence-electron chi connectivity index (χ0n) is 7.61. The van der Waals surface area contributed by atoms with Crippen molar-refractivity contribution >= 4 is 23.6 Å². The summed E-state index contributed by atoms with van der Waals surface area (Å²) in [5.41, 5.74) is 0. The van der Waals surface area contributed by atoms with Crippen molar-refractivity contribution in [1.82, 2.24) is 0 Å². The van der Waals surface area contributed by atoms with Crippen molar-refractivity contribution in [3.63, 3.8) is 0 Å². The average molecular weight is 193 g/mol. The molecule has 0 saturated carbocycles. The molecular weight excluding hydrogens is 175 g/mol. The summed E-state index contributed by atoms with van der Waals surface area (Å²) in [5, 5.41) is 1.13. The number of hydrogen-bond donors (Lipinski definition) is 0. The Morgan fingerprint density at radius 2 is 1.82 bits per heavy atom. The molecule has 0 bridgehead atoms. The van der Waals surface area contributed by atoms with E-state index in [1.165, 1.54) is 19.3 Å². The highest BCUT2D eigenvalue weighted by atomic mass is 35.6. The summed E-state index contributed by atoms with van der Waals surface area (Å²) < 4.78 is 5.49. The molecule has 0 saturated heterocycles. The number of halogens is 1. The molecule has 0 aliphatic rings. The fraction of sp³-hybridized carbons (Fsp3) is 1.00. The average Bonchev–Trinajstić information content (AvgIpc) is 2.01. The lowest BCUT2D eigenvalue weighted by atomic mass is 10.4. The second kappa shape index (κ2) is 8.88. The number of hydrogen-bond acceptors (Lipinski definition) is 1. The van der Waals surface area contributed by atoms with Gasteiger partial charge in [-0.05, 0) is 6.42 Å². The number of unbranched alkanes of at least 4 members (excludes halogenated alkanes) is 2. The molecule has 3 heteroatoms. The summed E-state index contributed by atoms with van der Waals surface area (Å²) in [5.74, 6) is 0. The van der Waals surface area contributed by atoms with Gasteiger partial charge in [0.25, 0.3) is 0 Å². The molecule has 0 radical (unpaired) electrons. The first-order chi connectivity index (χ1) is 5.31. The van der Waals surface area contributed by atoms with Crippen LogP contribution < -0.4 is 0 Å². The van der Waals surface area contributed by atoms with Crippen LogP contribution in [0.5, 0.6) is 0 Å². The third-order valence-corrected chi connectivity index (χ3v) is 4.07. The van der Waals surface area contributed by atoms with Crippen molar-refractivity contribution in [3.05, 3.63) is 0 Å². The standard InChI is InChI=1S/C4H9O.C4H9.Al.ClH/c1-2-3-4-5;1-3-4-2;;/h2-4H2,1H3;1,3-4H2,2H3;;1H/q-1;;+2;/p-1. The molecule has 0 aromatic carbocycles. The molecule has 1 nitrogen and oxygen atoms in total. The summed E-state index contributed by atoms with van der Waals surface area (Å²) in [6.07, 6.45) is 4.81. The van der Waals surface area contributed by atoms with E-state index in [2.05, 4.69) is 13.8 Å². The smallest absolute Gasteiger partial charge is 0.489 e. The summed E-state index contributed by atoms with van der Waals surface area (Å²) in [6, 6.07) is 0. The normalized spacial score (nSPS) is 10.1. The highest BCUT2D eigenvalue weighted by molar-refractivity contribution is 7.03. The van der Waals surface area contributed by atoms with Crippen LogP contribution in [-0.2, 0) is 3.79 Å². The van der Waals surface area contributed by atoms with E-state index in [1.807, 2.05) is 0 Å². The Bertz CT molecular complexity index is 80.5. The van der Waals surface area contributed by atoms with Crippen LogP contribution in [0.4, 0.5) is 0 Å². The highest BCUT2D eigenvalue weighted by Gasteiger charge is 2.15. The third kappa shape index (κ3) is 8.69. The summed E-state index contributed by atoms with van der Waals surface area (Å²) >= 11 is -1.28. The molecular formula is C8H18AlClO. The minimum Gasteiger partial charge on any atom is -0.489 e. The molecule has 0 atom stereocenters. The molecule has 0 aromatic rings. The van der Waals surface area contributed by atoms with Gasteiger partial charge in [-0.1, -0.05) is 38.4 Å². The van der Waals surface area contributed by atoms with E-state index < -0.39 is 13.6 Å². The first-order valence-electron chi connectivity index (χ1n) is 4.57. The van der Waals surface area contributed by atoms with Gasteiger partial charge in [-0.15, -0.1) is 0 Å². The van der Waals surface area contributed by atoms with Gasteiger partial charge in [0.05, 0.1) is 0 Å². The van der Waals surface area contributed by atoms with Gasteiger partial charge in [-0.2, -0.15) is 0 Å². The molecule has 0 amide bonds. The van der Waals surface area contributed by atoms with E-state index in [-0.39, 0.29) is 0 Å².